The second-order valence-electron chi connectivity index (χ2n) is 3.45. The van der Waals surface area contributed by atoms with Gasteiger partial charge in [-0.2, -0.15) is 0 Å². The Kier molecular flexibility index (Phi) is 5.24. The smallest absolute Gasteiger partial charge is 0.294 e. The molecule has 0 aromatic heterocycles. The van der Waals surface area contributed by atoms with Crippen LogP contribution in [0.2, 0.25) is 5.02 Å². The molecule has 5 nitrogen and oxygen atoms in total. The van der Waals surface area contributed by atoms with Crippen molar-refractivity contribution in [3.8, 4) is 0 Å². The number of nitro groups is 1. The van der Waals surface area contributed by atoms with Crippen molar-refractivity contribution in [2.45, 2.75) is 6.43 Å². The second kappa shape index (κ2) is 6.46. The van der Waals surface area contributed by atoms with E-state index >= 15 is 0 Å². The Morgan fingerprint density at radius 2 is 2.17 bits per heavy atom. The highest BCUT2D eigenvalue weighted by Crippen LogP contribution is 2.31. The van der Waals surface area contributed by atoms with Crippen LogP contribution in [0.5, 0.6) is 0 Å². The number of rotatable bonds is 6. The normalized spacial score (nSPS) is 10.7. The zero-order chi connectivity index (χ0) is 13.7. The van der Waals surface area contributed by atoms with Crippen LogP contribution in [0.25, 0.3) is 0 Å². The average Bonchev–Trinajstić information content (AvgIpc) is 2.27. The van der Waals surface area contributed by atoms with E-state index in [1.54, 1.807) is 0 Å². The number of halogens is 3. The molecule has 0 aliphatic rings. The van der Waals surface area contributed by atoms with Crippen LogP contribution in [-0.4, -0.2) is 36.2 Å². The molecule has 100 valence electrons. The van der Waals surface area contributed by atoms with E-state index in [1.165, 1.54) is 12.1 Å². The summed E-state index contributed by atoms with van der Waals surface area (Å²) < 4.78 is 24.8. The monoisotopic (exact) mass is 280 g/mol. The Morgan fingerprint density at radius 1 is 1.50 bits per heavy atom. The molecule has 0 saturated heterocycles. The molecule has 0 unspecified atom stereocenters. The van der Waals surface area contributed by atoms with E-state index in [2.05, 4.69) is 0 Å². The van der Waals surface area contributed by atoms with Crippen LogP contribution in [-0.2, 0) is 0 Å². The van der Waals surface area contributed by atoms with E-state index in [-0.39, 0.29) is 29.5 Å². The van der Waals surface area contributed by atoms with Gasteiger partial charge in [-0.3, -0.25) is 10.1 Å². The van der Waals surface area contributed by atoms with Gasteiger partial charge in [0.25, 0.3) is 12.1 Å². The van der Waals surface area contributed by atoms with Gasteiger partial charge >= 0.3 is 0 Å². The summed E-state index contributed by atoms with van der Waals surface area (Å²) in [5.41, 5.74) is -0.352. The van der Waals surface area contributed by atoms with Gasteiger partial charge in [0.05, 0.1) is 18.1 Å². The van der Waals surface area contributed by atoms with Crippen LogP contribution in [0, 0.1) is 10.1 Å². The van der Waals surface area contributed by atoms with Crippen molar-refractivity contribution in [2.75, 3.05) is 24.6 Å². The third-order valence-electron chi connectivity index (χ3n) is 2.20. The van der Waals surface area contributed by atoms with Gasteiger partial charge in [0.1, 0.15) is 5.69 Å². The van der Waals surface area contributed by atoms with Gasteiger partial charge in [-0.15, -0.1) is 0 Å². The molecule has 0 bridgehead atoms. The molecule has 18 heavy (non-hydrogen) atoms. The lowest BCUT2D eigenvalue weighted by molar-refractivity contribution is -0.384. The number of aliphatic hydroxyl groups is 1. The molecule has 8 heteroatoms. The third-order valence-corrected chi connectivity index (χ3v) is 2.44. The van der Waals surface area contributed by atoms with Gasteiger partial charge in [0.15, 0.2) is 0 Å². The maximum atomic E-state index is 12.4. The first-order chi connectivity index (χ1) is 8.45. The predicted octanol–water partition coefficient (Wildman–Crippen LogP) is 2.31. The average molecular weight is 281 g/mol. The fourth-order valence-electron chi connectivity index (χ4n) is 1.51. The maximum Gasteiger partial charge on any atom is 0.294 e. The van der Waals surface area contributed by atoms with Gasteiger partial charge in [-0.1, -0.05) is 11.6 Å². The van der Waals surface area contributed by atoms with Gasteiger partial charge in [-0.25, -0.2) is 8.78 Å². The van der Waals surface area contributed by atoms with E-state index < -0.39 is 17.9 Å². The minimum atomic E-state index is -2.66. The Bertz CT molecular complexity index is 432. The third kappa shape index (κ3) is 3.78. The molecule has 0 atom stereocenters. The van der Waals surface area contributed by atoms with Crippen molar-refractivity contribution in [1.82, 2.24) is 0 Å². The van der Waals surface area contributed by atoms with Crippen LogP contribution in [0.1, 0.15) is 0 Å². The summed E-state index contributed by atoms with van der Waals surface area (Å²) in [7, 11) is 0. The van der Waals surface area contributed by atoms with Crippen LogP contribution in [0.3, 0.4) is 0 Å². The lowest BCUT2D eigenvalue weighted by Gasteiger charge is -2.23. The zero-order valence-electron chi connectivity index (χ0n) is 9.22. The molecule has 0 saturated carbocycles. The van der Waals surface area contributed by atoms with E-state index in [9.17, 15) is 18.9 Å². The molecule has 1 rings (SSSR count). The topological polar surface area (TPSA) is 66.6 Å². The second-order valence-corrected chi connectivity index (χ2v) is 3.89. The molecule has 0 fully saturated rings. The summed E-state index contributed by atoms with van der Waals surface area (Å²) >= 11 is 5.63. The largest absolute Gasteiger partial charge is 0.395 e. The maximum absolute atomic E-state index is 12.4. The Labute approximate surface area is 107 Å². The first-order valence-corrected chi connectivity index (χ1v) is 5.41. The van der Waals surface area contributed by atoms with Gasteiger partial charge in [0, 0.05) is 17.6 Å². The molecule has 1 aromatic rings. The van der Waals surface area contributed by atoms with Crippen LogP contribution in [0.4, 0.5) is 20.2 Å². The number of aliphatic hydroxyl groups excluding tert-OH is 1. The number of benzene rings is 1. The lowest BCUT2D eigenvalue weighted by atomic mass is 10.2. The number of hydrogen-bond donors (Lipinski definition) is 1. The van der Waals surface area contributed by atoms with Crippen LogP contribution < -0.4 is 4.90 Å². The molecule has 0 radical (unpaired) electrons. The highest BCUT2D eigenvalue weighted by atomic mass is 35.5. The number of alkyl halides is 2. The van der Waals surface area contributed by atoms with Crippen LogP contribution >= 0.6 is 11.6 Å². The first kappa shape index (κ1) is 14.6. The van der Waals surface area contributed by atoms with E-state index in [0.29, 0.717) is 0 Å². The summed E-state index contributed by atoms with van der Waals surface area (Å²) in [4.78, 5) is 11.2. The molecule has 0 heterocycles. The molecule has 1 N–H and O–H groups in total. The molecule has 0 aliphatic carbocycles. The molecule has 1 aromatic carbocycles. The van der Waals surface area contributed by atoms with Crippen molar-refractivity contribution in [1.29, 1.82) is 0 Å². The lowest BCUT2D eigenvalue weighted by Crippen LogP contribution is -2.32. The number of nitro benzene ring substituents is 1. The molecular formula is C10H11ClF2N2O3. The van der Waals surface area contributed by atoms with Crippen molar-refractivity contribution in [3.63, 3.8) is 0 Å². The SMILES string of the molecule is O=[N+]([O-])c1cc(Cl)ccc1N(CCO)CC(F)F. The Morgan fingerprint density at radius 3 is 2.67 bits per heavy atom. The standard InChI is InChI=1S/C10H11ClF2N2O3/c11-7-1-2-8(9(5-7)15(17)18)14(3-4-16)6-10(12)13/h1-2,5,10,16H,3-4,6H2. The van der Waals surface area contributed by atoms with Crippen molar-refractivity contribution >= 4 is 23.0 Å². The van der Waals surface area contributed by atoms with E-state index in [4.69, 9.17) is 16.7 Å². The highest BCUT2D eigenvalue weighted by molar-refractivity contribution is 6.30. The summed E-state index contributed by atoms with van der Waals surface area (Å²) in [6.07, 6.45) is -2.66. The molecule has 0 amide bonds. The summed E-state index contributed by atoms with van der Waals surface area (Å²) in [5, 5.41) is 19.8. The van der Waals surface area contributed by atoms with Gasteiger partial charge in [0.2, 0.25) is 0 Å². The first-order valence-electron chi connectivity index (χ1n) is 5.03. The molecular weight excluding hydrogens is 270 g/mol. The Hall–Kier alpha value is -1.47. The Balaban J connectivity index is 3.13. The highest BCUT2D eigenvalue weighted by Gasteiger charge is 2.22. The van der Waals surface area contributed by atoms with Crippen LogP contribution in [0.15, 0.2) is 18.2 Å². The van der Waals surface area contributed by atoms with Crippen molar-refractivity contribution in [3.05, 3.63) is 33.3 Å². The fourth-order valence-corrected chi connectivity index (χ4v) is 1.67. The number of nitrogens with zero attached hydrogens (tertiary/aromatic N) is 2. The zero-order valence-corrected chi connectivity index (χ0v) is 9.98. The molecule has 0 spiro atoms. The van der Waals surface area contributed by atoms with E-state index in [0.717, 1.165) is 11.0 Å². The van der Waals surface area contributed by atoms with E-state index in [1.807, 2.05) is 0 Å². The number of hydrogen-bond acceptors (Lipinski definition) is 4. The summed E-state index contributed by atoms with van der Waals surface area (Å²) in [5.74, 6) is 0. The van der Waals surface area contributed by atoms with Gasteiger partial charge < -0.3 is 10.0 Å². The fraction of sp³-hybridized carbons (Fsp3) is 0.400. The summed E-state index contributed by atoms with van der Waals surface area (Å²) in [6, 6.07) is 3.75. The summed E-state index contributed by atoms with van der Waals surface area (Å²) in [6.45, 7) is -1.19. The van der Waals surface area contributed by atoms with Crippen molar-refractivity contribution < 1.29 is 18.8 Å². The quantitative estimate of drug-likeness (QED) is 0.641. The predicted molar refractivity (Wildman–Crippen MR) is 63.4 cm³/mol. The van der Waals surface area contributed by atoms with Gasteiger partial charge in [-0.05, 0) is 12.1 Å². The minimum absolute atomic E-state index is 0.0127. The van der Waals surface area contributed by atoms with Crippen molar-refractivity contribution in [2.24, 2.45) is 0 Å². The number of anilines is 1. The molecule has 0 aliphatic heterocycles. The minimum Gasteiger partial charge on any atom is -0.395 e.